The largest absolute Gasteiger partial charge is 0.355 e. The van der Waals surface area contributed by atoms with Crippen molar-refractivity contribution in [3.05, 3.63) is 64.3 Å². The Hall–Kier alpha value is -3.73. The Kier molecular flexibility index (Phi) is 4.72. The van der Waals surface area contributed by atoms with Gasteiger partial charge < -0.3 is 15.2 Å². The third-order valence-electron chi connectivity index (χ3n) is 4.89. The monoisotopic (exact) mass is 374 g/mol. The van der Waals surface area contributed by atoms with Crippen LogP contribution in [0.2, 0.25) is 0 Å². The highest BCUT2D eigenvalue weighted by atomic mass is 16.2. The zero-order valence-electron chi connectivity index (χ0n) is 15.1. The molecule has 1 saturated heterocycles. The molecular formula is C20H18N6O2. The summed E-state index contributed by atoms with van der Waals surface area (Å²) in [5.74, 6) is 0.327. The van der Waals surface area contributed by atoms with Crippen LogP contribution >= 0.6 is 0 Å². The molecule has 0 aliphatic carbocycles. The lowest BCUT2D eigenvalue weighted by Crippen LogP contribution is -2.45. The molecule has 0 radical (unpaired) electrons. The molecule has 8 nitrogen and oxygen atoms in total. The fourth-order valence-corrected chi connectivity index (χ4v) is 3.50. The number of hydrogen-bond donors (Lipinski definition) is 2. The lowest BCUT2D eigenvalue weighted by Gasteiger charge is -2.33. The molecule has 3 aromatic rings. The highest BCUT2D eigenvalue weighted by Crippen LogP contribution is 2.21. The number of H-pyrrole nitrogens is 1. The van der Waals surface area contributed by atoms with E-state index in [9.17, 15) is 14.9 Å². The van der Waals surface area contributed by atoms with Crippen LogP contribution < -0.4 is 15.9 Å². The third-order valence-corrected chi connectivity index (χ3v) is 4.89. The maximum absolute atomic E-state index is 12.7. The summed E-state index contributed by atoms with van der Waals surface area (Å²) >= 11 is 0. The van der Waals surface area contributed by atoms with Crippen LogP contribution in [0.4, 0.5) is 5.82 Å². The first-order valence-electron chi connectivity index (χ1n) is 9.05. The normalized spacial score (nSPS) is 14.6. The average Bonchev–Trinajstić information content (AvgIpc) is 2.73. The molecule has 0 saturated carbocycles. The number of benzene rings is 1. The molecule has 0 unspecified atom stereocenters. The summed E-state index contributed by atoms with van der Waals surface area (Å²) in [4.78, 5) is 37.4. The molecule has 1 fully saturated rings. The zero-order valence-corrected chi connectivity index (χ0v) is 15.1. The molecule has 4 rings (SSSR count). The van der Waals surface area contributed by atoms with E-state index in [-0.39, 0.29) is 17.6 Å². The van der Waals surface area contributed by atoms with Crippen molar-refractivity contribution < 1.29 is 4.79 Å². The lowest BCUT2D eigenvalue weighted by molar-refractivity contribution is 0.0927. The smallest absolute Gasteiger partial charge is 0.346 e. The number of hydrogen-bond acceptors (Lipinski definition) is 6. The molecular weight excluding hydrogens is 356 g/mol. The zero-order chi connectivity index (χ0) is 19.5. The Labute approximate surface area is 160 Å². The maximum atomic E-state index is 12.7. The number of amides is 1. The predicted octanol–water partition coefficient (Wildman–Crippen LogP) is 1.59. The Morgan fingerprint density at radius 2 is 2.00 bits per heavy atom. The molecule has 2 N–H and O–H groups in total. The number of anilines is 1. The molecule has 8 heteroatoms. The van der Waals surface area contributed by atoms with E-state index in [0.29, 0.717) is 48.2 Å². The second-order valence-electron chi connectivity index (χ2n) is 6.66. The highest BCUT2D eigenvalue weighted by Gasteiger charge is 2.24. The lowest BCUT2D eigenvalue weighted by atomic mass is 10.0. The van der Waals surface area contributed by atoms with Crippen molar-refractivity contribution in [3.8, 4) is 6.07 Å². The number of aromatic nitrogens is 3. The number of nitrogens with zero attached hydrogens (tertiary/aromatic N) is 4. The molecule has 140 valence electrons. The van der Waals surface area contributed by atoms with Crippen LogP contribution in [0.5, 0.6) is 0 Å². The van der Waals surface area contributed by atoms with Gasteiger partial charge in [-0.1, -0.05) is 18.2 Å². The summed E-state index contributed by atoms with van der Waals surface area (Å²) in [5.41, 5.74) is 0.724. The van der Waals surface area contributed by atoms with E-state index in [0.717, 1.165) is 0 Å². The average molecular weight is 374 g/mol. The quantitative estimate of drug-likeness (QED) is 0.719. The number of pyridine rings is 1. The van der Waals surface area contributed by atoms with Crippen molar-refractivity contribution in [1.82, 2.24) is 20.3 Å². The van der Waals surface area contributed by atoms with E-state index in [1.807, 2.05) is 0 Å². The SMILES string of the molecule is N#Cc1cccnc1N1CCC(NC(=O)c2nc(=O)[nH]c3ccccc23)CC1. The molecule has 1 aliphatic rings. The molecule has 0 bridgehead atoms. The summed E-state index contributed by atoms with van der Waals surface area (Å²) in [5, 5.41) is 12.9. The minimum atomic E-state index is -0.544. The van der Waals surface area contributed by atoms with Gasteiger partial charge in [0, 0.05) is 30.7 Å². The van der Waals surface area contributed by atoms with Crippen molar-refractivity contribution in [1.29, 1.82) is 5.26 Å². The first kappa shape index (κ1) is 17.7. The van der Waals surface area contributed by atoms with Crippen LogP contribution in [-0.2, 0) is 0 Å². The third kappa shape index (κ3) is 3.42. The van der Waals surface area contributed by atoms with E-state index in [1.165, 1.54) is 0 Å². The number of carbonyl (C=O) groups is 1. The first-order valence-corrected chi connectivity index (χ1v) is 9.05. The standard InChI is InChI=1S/C20H18N6O2/c21-12-13-4-3-9-22-18(13)26-10-7-14(8-11-26)23-19(27)17-15-5-1-2-6-16(15)24-20(28)25-17/h1-6,9,14H,7-8,10-11H2,(H,23,27)(H,24,25,28). The fourth-order valence-electron chi connectivity index (χ4n) is 3.50. The van der Waals surface area contributed by atoms with Gasteiger partial charge in [-0.25, -0.2) is 9.78 Å². The summed E-state index contributed by atoms with van der Waals surface area (Å²) in [6, 6.07) is 12.7. The molecule has 28 heavy (non-hydrogen) atoms. The topological polar surface area (TPSA) is 115 Å². The number of nitrogens with one attached hydrogen (secondary N) is 2. The molecule has 0 spiro atoms. The predicted molar refractivity (Wildman–Crippen MR) is 104 cm³/mol. The Bertz CT molecular complexity index is 1130. The van der Waals surface area contributed by atoms with Crippen molar-refractivity contribution in [3.63, 3.8) is 0 Å². The fraction of sp³-hybridized carbons (Fsp3) is 0.250. The van der Waals surface area contributed by atoms with Gasteiger partial charge in [0.2, 0.25) is 0 Å². The van der Waals surface area contributed by atoms with Gasteiger partial charge >= 0.3 is 5.69 Å². The van der Waals surface area contributed by atoms with Crippen LogP contribution in [0.3, 0.4) is 0 Å². The van der Waals surface area contributed by atoms with Gasteiger partial charge in [-0.05, 0) is 31.0 Å². The van der Waals surface area contributed by atoms with E-state index in [2.05, 4.69) is 31.2 Å². The maximum Gasteiger partial charge on any atom is 0.346 e. The molecule has 1 aromatic carbocycles. The van der Waals surface area contributed by atoms with Crippen LogP contribution in [0.25, 0.3) is 10.9 Å². The summed E-state index contributed by atoms with van der Waals surface area (Å²) in [6.07, 6.45) is 3.11. The minimum Gasteiger partial charge on any atom is -0.355 e. The second-order valence-corrected chi connectivity index (χ2v) is 6.66. The van der Waals surface area contributed by atoms with Crippen molar-refractivity contribution in [2.24, 2.45) is 0 Å². The van der Waals surface area contributed by atoms with Gasteiger partial charge in [0.05, 0.1) is 11.1 Å². The molecule has 2 aromatic heterocycles. The number of fused-ring (bicyclic) bond motifs is 1. The molecule has 0 atom stereocenters. The Morgan fingerprint density at radius 1 is 1.21 bits per heavy atom. The van der Waals surface area contributed by atoms with Crippen molar-refractivity contribution >= 4 is 22.6 Å². The van der Waals surface area contributed by atoms with Gasteiger partial charge in [0.1, 0.15) is 17.6 Å². The first-order chi connectivity index (χ1) is 13.7. The summed E-state index contributed by atoms with van der Waals surface area (Å²) in [7, 11) is 0. The van der Waals surface area contributed by atoms with Crippen LogP contribution in [0, 0.1) is 11.3 Å². The van der Waals surface area contributed by atoms with Crippen molar-refractivity contribution in [2.45, 2.75) is 18.9 Å². The van der Waals surface area contributed by atoms with Gasteiger partial charge in [0.15, 0.2) is 0 Å². The van der Waals surface area contributed by atoms with E-state index >= 15 is 0 Å². The molecule has 3 heterocycles. The van der Waals surface area contributed by atoms with Crippen LogP contribution in [-0.4, -0.2) is 40.0 Å². The minimum absolute atomic E-state index is 0.0298. The Morgan fingerprint density at radius 3 is 2.79 bits per heavy atom. The highest BCUT2D eigenvalue weighted by molar-refractivity contribution is 6.04. The number of nitriles is 1. The number of piperidine rings is 1. The molecule has 1 amide bonds. The number of aromatic amines is 1. The van der Waals surface area contributed by atoms with Crippen LogP contribution in [0.15, 0.2) is 47.4 Å². The van der Waals surface area contributed by atoms with Gasteiger partial charge in [-0.3, -0.25) is 4.79 Å². The number of rotatable bonds is 3. The number of para-hydroxylation sites is 1. The summed E-state index contributed by atoms with van der Waals surface area (Å²) < 4.78 is 0. The van der Waals surface area contributed by atoms with E-state index in [4.69, 9.17) is 0 Å². The van der Waals surface area contributed by atoms with Gasteiger partial charge in [-0.15, -0.1) is 0 Å². The van der Waals surface area contributed by atoms with Crippen LogP contribution in [0.1, 0.15) is 28.9 Å². The van der Waals surface area contributed by atoms with Gasteiger partial charge in [-0.2, -0.15) is 10.2 Å². The summed E-state index contributed by atoms with van der Waals surface area (Å²) in [6.45, 7) is 1.36. The van der Waals surface area contributed by atoms with Crippen molar-refractivity contribution in [2.75, 3.05) is 18.0 Å². The van der Waals surface area contributed by atoms with E-state index < -0.39 is 5.69 Å². The van der Waals surface area contributed by atoms with E-state index in [1.54, 1.807) is 42.6 Å². The second kappa shape index (κ2) is 7.48. The molecule has 1 aliphatic heterocycles. The van der Waals surface area contributed by atoms with Gasteiger partial charge in [0.25, 0.3) is 5.91 Å². The number of carbonyl (C=O) groups excluding carboxylic acids is 1. The Balaban J connectivity index is 1.47.